The zero-order valence-corrected chi connectivity index (χ0v) is 15.4. The number of rotatable bonds is 16. The van der Waals surface area contributed by atoms with Crippen LogP contribution in [0.1, 0.15) is 90.4 Å². The van der Waals surface area contributed by atoms with Crippen LogP contribution in [0, 0.1) is 5.92 Å². The second-order valence-corrected chi connectivity index (χ2v) is 6.46. The van der Waals surface area contributed by atoms with Crippen LogP contribution in [0.25, 0.3) is 0 Å². The highest BCUT2D eigenvalue weighted by atomic mass is 16.5. The van der Waals surface area contributed by atoms with Gasteiger partial charge in [0.25, 0.3) is 0 Å². The third kappa shape index (κ3) is 15.8. The number of esters is 1. The van der Waals surface area contributed by atoms with E-state index in [1.54, 1.807) is 0 Å². The second kappa shape index (κ2) is 17.5. The van der Waals surface area contributed by atoms with Crippen LogP contribution in [-0.4, -0.2) is 24.8 Å². The summed E-state index contributed by atoms with van der Waals surface area (Å²) in [6.07, 6.45) is 19.3. The van der Waals surface area contributed by atoms with Crippen molar-refractivity contribution in [2.24, 2.45) is 5.92 Å². The molecule has 136 valence electrons. The highest BCUT2D eigenvalue weighted by Gasteiger charge is 2.02. The highest BCUT2D eigenvalue weighted by Crippen LogP contribution is 2.14. The van der Waals surface area contributed by atoms with Crippen molar-refractivity contribution in [1.82, 2.24) is 0 Å². The Morgan fingerprint density at radius 1 is 1.00 bits per heavy atom. The van der Waals surface area contributed by atoms with E-state index < -0.39 is 0 Å². The van der Waals surface area contributed by atoms with Gasteiger partial charge < -0.3 is 9.84 Å². The molecule has 0 amide bonds. The average Bonchev–Trinajstić information content (AvgIpc) is 2.57. The topological polar surface area (TPSA) is 46.5 Å². The van der Waals surface area contributed by atoms with Gasteiger partial charge in [-0.2, -0.15) is 0 Å². The van der Waals surface area contributed by atoms with Crippen molar-refractivity contribution < 1.29 is 14.6 Å². The minimum Gasteiger partial charge on any atom is -0.469 e. The molecule has 0 aromatic heterocycles. The molecule has 0 saturated heterocycles. The monoisotopic (exact) mass is 326 g/mol. The minimum absolute atomic E-state index is 0.106. The van der Waals surface area contributed by atoms with E-state index >= 15 is 0 Å². The molecule has 0 aliphatic heterocycles. The lowest BCUT2D eigenvalue weighted by molar-refractivity contribution is -0.140. The summed E-state index contributed by atoms with van der Waals surface area (Å²) in [6.45, 7) is 2.51. The van der Waals surface area contributed by atoms with Crippen LogP contribution < -0.4 is 0 Å². The van der Waals surface area contributed by atoms with Crippen LogP contribution in [0.4, 0.5) is 0 Å². The quantitative estimate of drug-likeness (QED) is 0.234. The number of carbonyl (C=O) groups is 1. The molecular weight excluding hydrogens is 288 g/mol. The summed E-state index contributed by atoms with van der Waals surface area (Å²) in [5.74, 6) is 0.228. The zero-order valence-electron chi connectivity index (χ0n) is 15.4. The lowest BCUT2D eigenvalue weighted by Gasteiger charge is -2.09. The van der Waals surface area contributed by atoms with Gasteiger partial charge in [-0.15, -0.1) is 0 Å². The van der Waals surface area contributed by atoms with Gasteiger partial charge in [0.05, 0.1) is 7.11 Å². The molecule has 0 saturated carbocycles. The van der Waals surface area contributed by atoms with E-state index in [2.05, 4.69) is 23.8 Å². The lowest BCUT2D eigenvalue weighted by atomic mass is 9.99. The molecule has 0 radical (unpaired) electrons. The molecule has 1 unspecified atom stereocenters. The Hall–Kier alpha value is -0.830. The van der Waals surface area contributed by atoms with Gasteiger partial charge in [-0.05, 0) is 31.6 Å². The Labute approximate surface area is 143 Å². The summed E-state index contributed by atoms with van der Waals surface area (Å²) >= 11 is 0. The molecule has 3 nitrogen and oxygen atoms in total. The van der Waals surface area contributed by atoms with E-state index in [9.17, 15) is 9.90 Å². The smallest absolute Gasteiger partial charge is 0.305 e. The summed E-state index contributed by atoms with van der Waals surface area (Å²) in [5.41, 5.74) is 0. The number of ether oxygens (including phenoxy) is 1. The molecule has 0 fully saturated rings. The molecule has 0 aliphatic carbocycles. The van der Waals surface area contributed by atoms with Crippen molar-refractivity contribution >= 4 is 5.97 Å². The molecule has 23 heavy (non-hydrogen) atoms. The Balaban J connectivity index is 3.49. The van der Waals surface area contributed by atoms with Crippen molar-refractivity contribution in [3.05, 3.63) is 12.2 Å². The van der Waals surface area contributed by atoms with Crippen molar-refractivity contribution in [2.75, 3.05) is 13.7 Å². The Kier molecular flexibility index (Phi) is 16.9. The molecule has 1 N–H and O–H groups in total. The molecule has 3 heteroatoms. The third-order valence-electron chi connectivity index (χ3n) is 4.30. The number of hydrogen-bond acceptors (Lipinski definition) is 3. The third-order valence-corrected chi connectivity index (χ3v) is 4.30. The number of methoxy groups -OCH3 is 1. The molecule has 0 spiro atoms. The van der Waals surface area contributed by atoms with Gasteiger partial charge in [-0.25, -0.2) is 0 Å². The first-order chi connectivity index (χ1) is 11.2. The molecule has 0 aromatic rings. The van der Waals surface area contributed by atoms with Crippen molar-refractivity contribution in [3.63, 3.8) is 0 Å². The van der Waals surface area contributed by atoms with Gasteiger partial charge in [-0.3, -0.25) is 4.79 Å². The van der Waals surface area contributed by atoms with Crippen molar-refractivity contribution in [3.8, 4) is 0 Å². The first-order valence-corrected chi connectivity index (χ1v) is 9.58. The van der Waals surface area contributed by atoms with Crippen LogP contribution in [0.3, 0.4) is 0 Å². The van der Waals surface area contributed by atoms with E-state index in [1.807, 2.05) is 0 Å². The van der Waals surface area contributed by atoms with E-state index in [1.165, 1.54) is 45.6 Å². The van der Waals surface area contributed by atoms with Crippen LogP contribution in [0.15, 0.2) is 12.2 Å². The molecular formula is C20H38O3. The van der Waals surface area contributed by atoms with E-state index in [0.29, 0.717) is 12.3 Å². The summed E-state index contributed by atoms with van der Waals surface area (Å²) in [5, 5.41) is 9.42. The van der Waals surface area contributed by atoms with Gasteiger partial charge in [0, 0.05) is 13.0 Å². The number of carbonyl (C=O) groups excluding carboxylic acids is 1. The number of unbranched alkanes of at least 4 members (excludes halogenated alkanes) is 9. The molecule has 0 rings (SSSR count). The minimum atomic E-state index is -0.106. The van der Waals surface area contributed by atoms with Gasteiger partial charge in [0.1, 0.15) is 0 Å². The lowest BCUT2D eigenvalue weighted by Crippen LogP contribution is -2.02. The maximum Gasteiger partial charge on any atom is 0.305 e. The number of aliphatic hydroxyl groups is 1. The van der Waals surface area contributed by atoms with Crippen molar-refractivity contribution in [1.29, 1.82) is 0 Å². The molecule has 1 atom stereocenters. The summed E-state index contributed by atoms with van der Waals surface area (Å²) in [6, 6.07) is 0. The Bertz CT molecular complexity index is 287. The molecule has 0 aromatic carbocycles. The fraction of sp³-hybridized carbons (Fsp3) is 0.850. The first kappa shape index (κ1) is 22.2. The molecule has 0 heterocycles. The first-order valence-electron chi connectivity index (χ1n) is 9.58. The maximum atomic E-state index is 11.0. The summed E-state index contributed by atoms with van der Waals surface area (Å²) < 4.78 is 4.62. The fourth-order valence-corrected chi connectivity index (χ4v) is 2.71. The Morgan fingerprint density at radius 3 is 2.35 bits per heavy atom. The normalized spacial score (nSPS) is 12.7. The highest BCUT2D eigenvalue weighted by molar-refractivity contribution is 5.68. The van der Waals surface area contributed by atoms with Gasteiger partial charge in [0.15, 0.2) is 0 Å². The predicted molar refractivity (Wildman–Crippen MR) is 97.4 cm³/mol. The van der Waals surface area contributed by atoms with Crippen LogP contribution in [-0.2, 0) is 9.53 Å². The number of aliphatic hydroxyl groups excluding tert-OH is 1. The van der Waals surface area contributed by atoms with Gasteiger partial charge >= 0.3 is 5.97 Å². The van der Waals surface area contributed by atoms with Gasteiger partial charge in [-0.1, -0.05) is 70.4 Å². The summed E-state index contributed by atoms with van der Waals surface area (Å²) in [4.78, 5) is 11.0. The largest absolute Gasteiger partial charge is 0.469 e. The SMILES string of the molecule is CCCCCCCCC(/C=C/CCCCCCC(=O)OC)CO. The number of allylic oxidation sites excluding steroid dienone is 1. The Morgan fingerprint density at radius 2 is 1.65 bits per heavy atom. The van der Waals surface area contributed by atoms with Gasteiger partial charge in [0.2, 0.25) is 0 Å². The molecule has 0 bridgehead atoms. The van der Waals surface area contributed by atoms with E-state index in [4.69, 9.17) is 0 Å². The fourth-order valence-electron chi connectivity index (χ4n) is 2.71. The van der Waals surface area contributed by atoms with Crippen molar-refractivity contribution in [2.45, 2.75) is 90.4 Å². The molecule has 0 aliphatic rings. The van der Waals surface area contributed by atoms with Crippen LogP contribution in [0.5, 0.6) is 0 Å². The second-order valence-electron chi connectivity index (χ2n) is 6.46. The van der Waals surface area contributed by atoms with E-state index in [0.717, 1.165) is 38.5 Å². The van der Waals surface area contributed by atoms with E-state index in [-0.39, 0.29) is 12.6 Å². The summed E-state index contributed by atoms with van der Waals surface area (Å²) in [7, 11) is 1.44. The average molecular weight is 327 g/mol. The standard InChI is InChI=1S/C20H38O3/c1-3-4-5-6-9-12-15-19(18-21)16-13-10-7-8-11-14-17-20(22)23-2/h13,16,19,21H,3-12,14-15,17-18H2,1-2H3/b16-13+. The number of hydrogen-bond donors (Lipinski definition) is 1. The predicted octanol–water partition coefficient (Wildman–Crippen LogP) is 5.42. The zero-order chi connectivity index (χ0) is 17.2. The van der Waals surface area contributed by atoms with Crippen LogP contribution >= 0.6 is 0 Å². The van der Waals surface area contributed by atoms with Crippen LogP contribution in [0.2, 0.25) is 0 Å². The maximum absolute atomic E-state index is 11.0.